The standard InChI is InChI=1S/C18H28FN/c1-3-6-15-7-4-10-18(12-11-15)20-14(2)16-8-5-9-17(19)13-16/h5,8-9,13-15,18,20H,3-4,6-7,10-12H2,1-2H3/t14-,15?,18?/m1/s1. The van der Waals surface area contributed by atoms with Crippen molar-refractivity contribution in [2.75, 3.05) is 0 Å². The Labute approximate surface area is 123 Å². The summed E-state index contributed by atoms with van der Waals surface area (Å²) in [5.74, 6) is 0.788. The molecular weight excluding hydrogens is 249 g/mol. The number of hydrogen-bond acceptors (Lipinski definition) is 1. The number of benzene rings is 1. The first kappa shape index (κ1) is 15.5. The SMILES string of the molecule is CCCC1CCCC(N[C@H](C)c2cccc(F)c2)CC1. The normalized spacial score (nSPS) is 25.1. The van der Waals surface area contributed by atoms with Gasteiger partial charge in [-0.25, -0.2) is 4.39 Å². The molecule has 1 aromatic rings. The third kappa shape index (κ3) is 4.59. The maximum absolute atomic E-state index is 13.3. The van der Waals surface area contributed by atoms with E-state index < -0.39 is 0 Å². The van der Waals surface area contributed by atoms with Gasteiger partial charge in [-0.2, -0.15) is 0 Å². The minimum atomic E-state index is -0.139. The zero-order valence-corrected chi connectivity index (χ0v) is 12.9. The van der Waals surface area contributed by atoms with E-state index in [0.717, 1.165) is 11.5 Å². The van der Waals surface area contributed by atoms with Crippen LogP contribution in [0.1, 0.15) is 70.4 Å². The van der Waals surface area contributed by atoms with E-state index >= 15 is 0 Å². The summed E-state index contributed by atoms with van der Waals surface area (Å²) in [6.07, 6.45) is 9.29. The molecule has 0 spiro atoms. The van der Waals surface area contributed by atoms with Crippen LogP contribution in [0.25, 0.3) is 0 Å². The van der Waals surface area contributed by atoms with Crippen LogP contribution in [0.2, 0.25) is 0 Å². The van der Waals surface area contributed by atoms with Gasteiger partial charge in [0.2, 0.25) is 0 Å². The fourth-order valence-electron chi connectivity index (χ4n) is 3.47. The van der Waals surface area contributed by atoms with Crippen molar-refractivity contribution in [3.63, 3.8) is 0 Å². The Kier molecular flexibility index (Phi) is 6.03. The van der Waals surface area contributed by atoms with Gasteiger partial charge in [0.15, 0.2) is 0 Å². The Hall–Kier alpha value is -0.890. The van der Waals surface area contributed by atoms with Crippen LogP contribution < -0.4 is 5.32 Å². The molecule has 0 saturated heterocycles. The Morgan fingerprint density at radius 1 is 1.25 bits per heavy atom. The summed E-state index contributed by atoms with van der Waals surface area (Å²) < 4.78 is 13.3. The minimum absolute atomic E-state index is 0.139. The Bertz CT molecular complexity index is 404. The zero-order valence-electron chi connectivity index (χ0n) is 12.9. The minimum Gasteiger partial charge on any atom is -0.307 e. The first-order valence-corrected chi connectivity index (χ1v) is 8.20. The van der Waals surface area contributed by atoms with Crippen molar-refractivity contribution in [3.8, 4) is 0 Å². The summed E-state index contributed by atoms with van der Waals surface area (Å²) in [7, 11) is 0. The molecule has 0 aliphatic heterocycles. The average Bonchev–Trinajstić information content (AvgIpc) is 2.65. The molecule has 1 nitrogen and oxygen atoms in total. The number of halogens is 1. The molecule has 0 radical (unpaired) electrons. The van der Waals surface area contributed by atoms with Crippen LogP contribution in [0.4, 0.5) is 4.39 Å². The number of hydrogen-bond donors (Lipinski definition) is 1. The quantitative estimate of drug-likeness (QED) is 0.727. The Morgan fingerprint density at radius 3 is 2.85 bits per heavy atom. The van der Waals surface area contributed by atoms with Crippen molar-refractivity contribution in [3.05, 3.63) is 35.6 Å². The van der Waals surface area contributed by atoms with Gasteiger partial charge >= 0.3 is 0 Å². The summed E-state index contributed by atoms with van der Waals surface area (Å²) in [5.41, 5.74) is 1.05. The number of rotatable bonds is 5. The third-order valence-electron chi connectivity index (χ3n) is 4.62. The van der Waals surface area contributed by atoms with Gasteiger partial charge in [-0.05, 0) is 49.8 Å². The van der Waals surface area contributed by atoms with E-state index in [1.165, 1.54) is 51.0 Å². The fourth-order valence-corrected chi connectivity index (χ4v) is 3.47. The van der Waals surface area contributed by atoms with Gasteiger partial charge in [0.1, 0.15) is 5.82 Å². The molecule has 1 saturated carbocycles. The molecule has 112 valence electrons. The van der Waals surface area contributed by atoms with Crippen molar-refractivity contribution in [2.45, 2.75) is 70.9 Å². The Morgan fingerprint density at radius 2 is 2.10 bits per heavy atom. The highest BCUT2D eigenvalue weighted by Crippen LogP contribution is 2.28. The molecular formula is C18H28FN. The van der Waals surface area contributed by atoms with Crippen molar-refractivity contribution in [1.82, 2.24) is 5.32 Å². The van der Waals surface area contributed by atoms with Gasteiger partial charge in [-0.15, -0.1) is 0 Å². The van der Waals surface area contributed by atoms with E-state index in [-0.39, 0.29) is 11.9 Å². The van der Waals surface area contributed by atoms with Crippen molar-refractivity contribution < 1.29 is 4.39 Å². The molecule has 1 N–H and O–H groups in total. The molecule has 1 fully saturated rings. The molecule has 2 rings (SSSR count). The van der Waals surface area contributed by atoms with Gasteiger partial charge in [0, 0.05) is 12.1 Å². The van der Waals surface area contributed by atoms with Gasteiger partial charge in [0.05, 0.1) is 0 Å². The van der Waals surface area contributed by atoms with E-state index in [1.807, 2.05) is 6.07 Å². The third-order valence-corrected chi connectivity index (χ3v) is 4.62. The summed E-state index contributed by atoms with van der Waals surface area (Å²) in [5, 5.41) is 3.70. The fraction of sp³-hybridized carbons (Fsp3) is 0.667. The molecule has 0 aromatic heterocycles. The number of nitrogens with one attached hydrogen (secondary N) is 1. The van der Waals surface area contributed by atoms with E-state index in [1.54, 1.807) is 12.1 Å². The maximum Gasteiger partial charge on any atom is 0.123 e. The van der Waals surface area contributed by atoms with Crippen LogP contribution in [-0.2, 0) is 0 Å². The summed E-state index contributed by atoms with van der Waals surface area (Å²) in [6.45, 7) is 4.43. The topological polar surface area (TPSA) is 12.0 Å². The highest BCUT2D eigenvalue weighted by molar-refractivity contribution is 5.19. The molecule has 20 heavy (non-hydrogen) atoms. The highest BCUT2D eigenvalue weighted by atomic mass is 19.1. The lowest BCUT2D eigenvalue weighted by atomic mass is 9.95. The van der Waals surface area contributed by atoms with Gasteiger partial charge in [0.25, 0.3) is 0 Å². The predicted molar refractivity (Wildman–Crippen MR) is 83.2 cm³/mol. The second kappa shape index (κ2) is 7.78. The smallest absolute Gasteiger partial charge is 0.123 e. The first-order chi connectivity index (χ1) is 9.69. The van der Waals surface area contributed by atoms with Crippen LogP contribution in [0, 0.1) is 11.7 Å². The van der Waals surface area contributed by atoms with Crippen LogP contribution in [0.5, 0.6) is 0 Å². The zero-order chi connectivity index (χ0) is 14.4. The van der Waals surface area contributed by atoms with Crippen molar-refractivity contribution >= 4 is 0 Å². The predicted octanol–water partition coefficient (Wildman–Crippen LogP) is 5.23. The van der Waals surface area contributed by atoms with E-state index in [9.17, 15) is 4.39 Å². The Balaban J connectivity index is 1.86. The molecule has 1 aliphatic carbocycles. The van der Waals surface area contributed by atoms with E-state index in [2.05, 4.69) is 19.2 Å². The lowest BCUT2D eigenvalue weighted by Crippen LogP contribution is -2.31. The molecule has 1 aliphatic rings. The first-order valence-electron chi connectivity index (χ1n) is 8.20. The van der Waals surface area contributed by atoms with Gasteiger partial charge < -0.3 is 5.32 Å². The van der Waals surface area contributed by atoms with Crippen LogP contribution in [0.3, 0.4) is 0 Å². The van der Waals surface area contributed by atoms with Crippen LogP contribution in [-0.4, -0.2) is 6.04 Å². The summed E-state index contributed by atoms with van der Waals surface area (Å²) >= 11 is 0. The van der Waals surface area contributed by atoms with Crippen molar-refractivity contribution in [2.24, 2.45) is 5.92 Å². The molecule has 3 atom stereocenters. The van der Waals surface area contributed by atoms with Crippen molar-refractivity contribution in [1.29, 1.82) is 0 Å². The molecule has 0 bridgehead atoms. The lowest BCUT2D eigenvalue weighted by molar-refractivity contribution is 0.392. The summed E-state index contributed by atoms with van der Waals surface area (Å²) in [4.78, 5) is 0. The highest BCUT2D eigenvalue weighted by Gasteiger charge is 2.20. The molecule has 0 amide bonds. The molecule has 1 aromatic carbocycles. The monoisotopic (exact) mass is 277 g/mol. The molecule has 2 heteroatoms. The molecule has 0 heterocycles. The average molecular weight is 277 g/mol. The lowest BCUT2D eigenvalue weighted by Gasteiger charge is -2.22. The van der Waals surface area contributed by atoms with Crippen LogP contribution >= 0.6 is 0 Å². The van der Waals surface area contributed by atoms with Gasteiger partial charge in [-0.1, -0.05) is 44.7 Å². The van der Waals surface area contributed by atoms with E-state index in [0.29, 0.717) is 6.04 Å². The molecule has 2 unspecified atom stereocenters. The summed E-state index contributed by atoms with van der Waals surface area (Å²) in [6, 6.07) is 7.80. The largest absolute Gasteiger partial charge is 0.307 e. The second-order valence-electron chi connectivity index (χ2n) is 6.30. The second-order valence-corrected chi connectivity index (χ2v) is 6.30. The van der Waals surface area contributed by atoms with Crippen LogP contribution in [0.15, 0.2) is 24.3 Å². The maximum atomic E-state index is 13.3. The van der Waals surface area contributed by atoms with Gasteiger partial charge in [-0.3, -0.25) is 0 Å². The van der Waals surface area contributed by atoms with E-state index in [4.69, 9.17) is 0 Å².